The number of halogens is 1. The molecule has 8 rings (SSSR count). The summed E-state index contributed by atoms with van der Waals surface area (Å²) < 4.78 is 12.1. The fourth-order valence-corrected chi connectivity index (χ4v) is 11.6. The third-order valence-electron chi connectivity index (χ3n) is 15.2. The molecule has 1 saturated heterocycles. The van der Waals surface area contributed by atoms with Crippen LogP contribution in [-0.2, 0) is 4.79 Å². The monoisotopic (exact) mass is 1000 g/mol. The maximum absolute atomic E-state index is 13.4. The molecule has 0 spiro atoms. The zero-order valence-electron chi connectivity index (χ0n) is 43.0. The van der Waals surface area contributed by atoms with E-state index in [1.165, 1.54) is 0 Å². The minimum atomic E-state index is -0.389. The van der Waals surface area contributed by atoms with Crippen LogP contribution < -0.4 is 40.1 Å². The first-order valence-corrected chi connectivity index (χ1v) is 25.7. The van der Waals surface area contributed by atoms with Gasteiger partial charge in [-0.05, 0) is 75.5 Å². The van der Waals surface area contributed by atoms with Crippen molar-refractivity contribution in [2.75, 3.05) is 93.6 Å². The number of nitrogens with one attached hydrogen (secondary N) is 3. The molecule has 19 heteroatoms. The molecule has 0 unspecified atom stereocenters. The molecule has 4 aromatic rings. The summed E-state index contributed by atoms with van der Waals surface area (Å²) in [5, 5.41) is 19.2. The van der Waals surface area contributed by atoms with Gasteiger partial charge >= 0.3 is 0 Å². The number of carbonyl (C=O) groups excluding carboxylic acids is 3. The Morgan fingerprint density at radius 3 is 2.24 bits per heavy atom. The Hall–Kier alpha value is -6.29. The van der Waals surface area contributed by atoms with E-state index in [4.69, 9.17) is 26.1 Å². The van der Waals surface area contributed by atoms with Crippen LogP contribution in [0.25, 0.3) is 0 Å². The summed E-state index contributed by atoms with van der Waals surface area (Å²) in [6.07, 6.45) is 11.5. The molecule has 0 bridgehead atoms. The molecular formula is C53H70ClN13O5. The molecule has 4 aliphatic rings. The Morgan fingerprint density at radius 1 is 0.917 bits per heavy atom. The third-order valence-corrected chi connectivity index (χ3v) is 15.5. The van der Waals surface area contributed by atoms with E-state index >= 15 is 0 Å². The second-order valence-corrected chi connectivity index (χ2v) is 21.2. The lowest BCUT2D eigenvalue weighted by Gasteiger charge is -2.63. The van der Waals surface area contributed by atoms with Crippen LogP contribution in [-0.4, -0.2) is 145 Å². The van der Waals surface area contributed by atoms with Crippen LogP contribution >= 0.6 is 11.6 Å². The first-order valence-electron chi connectivity index (χ1n) is 25.3. The van der Waals surface area contributed by atoms with Crippen LogP contribution in [0.15, 0.2) is 55.0 Å². The second-order valence-electron chi connectivity index (χ2n) is 20.7. The van der Waals surface area contributed by atoms with E-state index in [-0.39, 0.29) is 52.8 Å². The lowest BCUT2D eigenvalue weighted by atomic mass is 9.49. The van der Waals surface area contributed by atoms with Crippen LogP contribution in [0.5, 0.6) is 11.5 Å². The van der Waals surface area contributed by atoms with Gasteiger partial charge in [-0.15, -0.1) is 0 Å². The van der Waals surface area contributed by atoms with E-state index in [2.05, 4.69) is 79.4 Å². The van der Waals surface area contributed by atoms with Gasteiger partial charge in [0.1, 0.15) is 35.4 Å². The summed E-state index contributed by atoms with van der Waals surface area (Å²) in [6, 6.07) is 12.3. The van der Waals surface area contributed by atoms with Crippen molar-refractivity contribution in [2.45, 2.75) is 104 Å². The average molecular weight is 1000 g/mol. The van der Waals surface area contributed by atoms with E-state index in [0.29, 0.717) is 69.4 Å². The molecule has 2 aromatic carbocycles. The third kappa shape index (κ3) is 11.0. The molecule has 3 amide bonds. The highest BCUT2D eigenvalue weighted by atomic mass is 35.5. The number of fused-ring (bicyclic) bond motifs is 1. The van der Waals surface area contributed by atoms with Crippen molar-refractivity contribution in [3.05, 3.63) is 76.7 Å². The predicted octanol–water partition coefficient (Wildman–Crippen LogP) is 6.92. The van der Waals surface area contributed by atoms with Crippen LogP contribution in [0, 0.1) is 22.2 Å². The number of piperazine rings is 1. The molecule has 2 saturated carbocycles. The minimum absolute atomic E-state index is 0.0709. The van der Waals surface area contributed by atoms with E-state index in [1.807, 2.05) is 24.9 Å². The number of hydrogen-bond acceptors (Lipinski definition) is 15. The Balaban J connectivity index is 0.728. The van der Waals surface area contributed by atoms with Crippen LogP contribution in [0.3, 0.4) is 0 Å². The lowest BCUT2D eigenvalue weighted by molar-refractivity contribution is -0.164. The largest absolute Gasteiger partial charge is 0.495 e. The Bertz CT molecular complexity index is 2610. The highest BCUT2D eigenvalue weighted by Crippen LogP contribution is 2.55. The van der Waals surface area contributed by atoms with Crippen LogP contribution in [0.4, 0.5) is 29.1 Å². The van der Waals surface area contributed by atoms with Gasteiger partial charge in [-0.1, -0.05) is 59.1 Å². The van der Waals surface area contributed by atoms with Gasteiger partial charge in [-0.25, -0.2) is 15.0 Å². The number of benzene rings is 2. The molecule has 3 fully saturated rings. The standard InChI is InChI=1S/C53H70ClN13O5/c1-9-41-47(70)64(7)42-33-57-50(61-44(42)67(41)37-14-10-11-15-37)60-40-19-17-34(28-43(40)71-8)45(68)56-20-12-22-65-24-26-66(27-25-65)23-13-21-63(6)51-58-31-36(32-59-51)46(69)62-48-52(2,3)49(53(48,4)5)72-38-18-16-35(30-55)39(54)29-38/h16-19,28-29,31-33,37,41,48-49H,9-15,20-27H2,1-8H3,(H,56,68)(H,62,69)(H,57,60,61)/t41-,48-,49-/m1/s1. The number of amides is 3. The van der Waals surface area contributed by atoms with Gasteiger partial charge in [0.2, 0.25) is 17.8 Å². The van der Waals surface area contributed by atoms with Gasteiger partial charge in [0.15, 0.2) is 5.82 Å². The average Bonchev–Trinajstić information content (AvgIpc) is 3.92. The molecule has 18 nitrogen and oxygen atoms in total. The summed E-state index contributed by atoms with van der Waals surface area (Å²) in [7, 11) is 5.33. The Morgan fingerprint density at radius 2 is 1.60 bits per heavy atom. The Kier molecular flexibility index (Phi) is 16.1. The first kappa shape index (κ1) is 52.0. The molecule has 2 aliphatic heterocycles. The van der Waals surface area contributed by atoms with Gasteiger partial charge in [-0.2, -0.15) is 10.2 Å². The number of nitriles is 1. The summed E-state index contributed by atoms with van der Waals surface area (Å²) >= 11 is 6.26. The Labute approximate surface area is 428 Å². The van der Waals surface area contributed by atoms with E-state index in [0.717, 1.165) is 90.2 Å². The van der Waals surface area contributed by atoms with Gasteiger partial charge in [0, 0.05) is 100 Å². The molecule has 2 aliphatic carbocycles. The highest BCUT2D eigenvalue weighted by molar-refractivity contribution is 6.31. The van der Waals surface area contributed by atoms with Crippen molar-refractivity contribution in [3.8, 4) is 17.6 Å². The van der Waals surface area contributed by atoms with Gasteiger partial charge < -0.3 is 49.9 Å². The number of aromatic nitrogens is 4. The molecule has 4 heterocycles. The molecule has 72 heavy (non-hydrogen) atoms. The quantitative estimate of drug-likeness (QED) is 0.0818. The topological polar surface area (TPSA) is 197 Å². The zero-order valence-corrected chi connectivity index (χ0v) is 43.8. The van der Waals surface area contributed by atoms with Gasteiger partial charge in [0.25, 0.3) is 11.8 Å². The number of methoxy groups -OCH3 is 1. The minimum Gasteiger partial charge on any atom is -0.495 e. The maximum atomic E-state index is 13.4. The SMILES string of the molecule is CC[C@@H]1C(=O)N(C)c2cnc(Nc3ccc(C(=O)NCCCN4CCN(CCCN(C)c5ncc(C(=O)N[C@H]6C(C)(C)[C@H](Oc7ccc(C#N)c(Cl)c7)C6(C)C)cn5)CC4)cc3OC)nc2N1C1CCCC1. The van der Waals surface area contributed by atoms with Crippen molar-refractivity contribution in [1.29, 1.82) is 5.26 Å². The van der Waals surface area contributed by atoms with Crippen molar-refractivity contribution >= 4 is 58.4 Å². The number of nitrogens with zero attached hydrogens (tertiary/aromatic N) is 10. The van der Waals surface area contributed by atoms with E-state index in [1.54, 1.807) is 68.0 Å². The van der Waals surface area contributed by atoms with Crippen molar-refractivity contribution < 1.29 is 23.9 Å². The molecular weight excluding hydrogens is 934 g/mol. The molecule has 3 N–H and O–H groups in total. The number of carbonyl (C=O) groups is 3. The van der Waals surface area contributed by atoms with Crippen molar-refractivity contribution in [3.63, 3.8) is 0 Å². The summed E-state index contributed by atoms with van der Waals surface area (Å²) in [6.45, 7) is 17.4. The predicted molar refractivity (Wildman–Crippen MR) is 280 cm³/mol. The molecule has 384 valence electrons. The number of anilines is 5. The maximum Gasteiger partial charge on any atom is 0.254 e. The molecule has 1 atom stereocenters. The van der Waals surface area contributed by atoms with E-state index < -0.39 is 0 Å². The molecule has 0 radical (unpaired) electrons. The normalized spacial score (nSPS) is 20.8. The number of hydrogen-bond donors (Lipinski definition) is 3. The summed E-state index contributed by atoms with van der Waals surface area (Å²) in [5.74, 6) is 2.48. The molecule has 2 aromatic heterocycles. The summed E-state index contributed by atoms with van der Waals surface area (Å²) in [5.41, 5.74) is 1.85. The number of ether oxygens (including phenoxy) is 2. The summed E-state index contributed by atoms with van der Waals surface area (Å²) in [4.78, 5) is 69.4. The van der Waals surface area contributed by atoms with Crippen molar-refractivity contribution in [2.24, 2.45) is 10.8 Å². The fraction of sp³-hybridized carbons (Fsp3) is 0.547. The number of rotatable bonds is 19. The highest BCUT2D eigenvalue weighted by Gasteiger charge is 2.64. The second kappa shape index (κ2) is 22.2. The lowest BCUT2D eigenvalue weighted by Crippen LogP contribution is -2.74. The van der Waals surface area contributed by atoms with E-state index in [9.17, 15) is 19.6 Å². The smallest absolute Gasteiger partial charge is 0.254 e. The number of likely N-dealkylation sites (N-methyl/N-ethyl adjacent to an activating group) is 1. The van der Waals surface area contributed by atoms with Gasteiger partial charge in [0.05, 0.1) is 35.1 Å². The van der Waals surface area contributed by atoms with Gasteiger partial charge in [-0.3, -0.25) is 14.4 Å². The first-order chi connectivity index (χ1) is 34.5. The van der Waals surface area contributed by atoms with Crippen LogP contribution in [0.2, 0.25) is 5.02 Å². The zero-order chi connectivity index (χ0) is 51.3. The van der Waals surface area contributed by atoms with Crippen LogP contribution in [0.1, 0.15) is 106 Å². The van der Waals surface area contributed by atoms with Crippen molar-refractivity contribution in [1.82, 2.24) is 40.4 Å². The fourth-order valence-electron chi connectivity index (χ4n) is 11.4.